The number of nitrogens with one attached hydrogen (secondary N) is 1. The highest BCUT2D eigenvalue weighted by Crippen LogP contribution is 2.23. The minimum Gasteiger partial charge on any atom is -0.448 e. The SMILES string of the molecule is Cc1c(Cl)cccc1NC(=O)[C@@H](C)OC(=O)c1cc(Cl)ccn1. The molecule has 23 heavy (non-hydrogen) atoms. The first-order valence-electron chi connectivity index (χ1n) is 6.77. The van der Waals surface area contributed by atoms with E-state index < -0.39 is 18.0 Å². The lowest BCUT2D eigenvalue weighted by atomic mass is 10.2. The average molecular weight is 353 g/mol. The van der Waals surface area contributed by atoms with Gasteiger partial charge in [-0.25, -0.2) is 9.78 Å². The summed E-state index contributed by atoms with van der Waals surface area (Å²) in [4.78, 5) is 27.9. The second-order valence-electron chi connectivity index (χ2n) is 4.81. The predicted octanol–water partition coefficient (Wildman–Crippen LogP) is 3.88. The lowest BCUT2D eigenvalue weighted by Crippen LogP contribution is -2.30. The van der Waals surface area contributed by atoms with Gasteiger partial charge in [0.15, 0.2) is 6.10 Å². The number of amides is 1. The molecule has 1 N–H and O–H groups in total. The maximum Gasteiger partial charge on any atom is 0.357 e. The van der Waals surface area contributed by atoms with Crippen LogP contribution in [0.3, 0.4) is 0 Å². The van der Waals surface area contributed by atoms with Gasteiger partial charge in [-0.2, -0.15) is 0 Å². The van der Waals surface area contributed by atoms with Gasteiger partial charge in [-0.3, -0.25) is 4.79 Å². The predicted molar refractivity (Wildman–Crippen MR) is 88.9 cm³/mol. The first kappa shape index (κ1) is 17.2. The van der Waals surface area contributed by atoms with E-state index in [0.717, 1.165) is 5.56 Å². The fourth-order valence-corrected chi connectivity index (χ4v) is 2.10. The molecule has 0 unspecified atom stereocenters. The van der Waals surface area contributed by atoms with Crippen LogP contribution in [-0.2, 0) is 9.53 Å². The van der Waals surface area contributed by atoms with Gasteiger partial charge in [0.2, 0.25) is 0 Å². The fraction of sp³-hybridized carbons (Fsp3) is 0.188. The lowest BCUT2D eigenvalue weighted by Gasteiger charge is -2.15. The first-order chi connectivity index (χ1) is 10.9. The van der Waals surface area contributed by atoms with Crippen LogP contribution in [-0.4, -0.2) is 23.0 Å². The molecule has 0 saturated heterocycles. The molecule has 1 heterocycles. The third-order valence-electron chi connectivity index (χ3n) is 3.11. The smallest absolute Gasteiger partial charge is 0.357 e. The van der Waals surface area contributed by atoms with E-state index in [-0.39, 0.29) is 5.69 Å². The fourth-order valence-electron chi connectivity index (χ4n) is 1.77. The summed E-state index contributed by atoms with van der Waals surface area (Å²) in [5.74, 6) is -1.19. The molecule has 0 spiro atoms. The maximum absolute atomic E-state index is 12.1. The molecule has 0 aliphatic carbocycles. The zero-order chi connectivity index (χ0) is 17.0. The van der Waals surface area contributed by atoms with E-state index >= 15 is 0 Å². The molecule has 0 bridgehead atoms. The van der Waals surface area contributed by atoms with Crippen LogP contribution >= 0.6 is 23.2 Å². The van der Waals surface area contributed by atoms with E-state index in [0.29, 0.717) is 15.7 Å². The van der Waals surface area contributed by atoms with Crippen molar-refractivity contribution in [3.63, 3.8) is 0 Å². The molecule has 0 radical (unpaired) electrons. The van der Waals surface area contributed by atoms with Crippen LogP contribution in [0.25, 0.3) is 0 Å². The molecular weight excluding hydrogens is 339 g/mol. The Labute approximate surface area is 143 Å². The largest absolute Gasteiger partial charge is 0.448 e. The molecule has 1 amide bonds. The van der Waals surface area contributed by atoms with Gasteiger partial charge < -0.3 is 10.1 Å². The number of hydrogen-bond acceptors (Lipinski definition) is 4. The quantitative estimate of drug-likeness (QED) is 0.847. The van der Waals surface area contributed by atoms with Crippen LogP contribution in [0.4, 0.5) is 5.69 Å². The van der Waals surface area contributed by atoms with E-state index in [2.05, 4.69) is 10.3 Å². The van der Waals surface area contributed by atoms with Gasteiger partial charge in [-0.15, -0.1) is 0 Å². The molecular formula is C16H14Cl2N2O3. The van der Waals surface area contributed by atoms with Crippen LogP contribution in [0.2, 0.25) is 10.0 Å². The Morgan fingerprint density at radius 1 is 1.26 bits per heavy atom. The maximum atomic E-state index is 12.1. The molecule has 5 nitrogen and oxygen atoms in total. The van der Waals surface area contributed by atoms with Gasteiger partial charge >= 0.3 is 5.97 Å². The number of nitrogens with zero attached hydrogens (tertiary/aromatic N) is 1. The van der Waals surface area contributed by atoms with Crippen molar-refractivity contribution in [1.82, 2.24) is 4.98 Å². The second-order valence-corrected chi connectivity index (χ2v) is 5.65. The lowest BCUT2D eigenvalue weighted by molar-refractivity contribution is -0.123. The third kappa shape index (κ3) is 4.43. The highest BCUT2D eigenvalue weighted by molar-refractivity contribution is 6.31. The molecule has 0 aliphatic heterocycles. The zero-order valence-electron chi connectivity index (χ0n) is 12.5. The molecule has 1 atom stereocenters. The Bertz CT molecular complexity index is 750. The van der Waals surface area contributed by atoms with Crippen molar-refractivity contribution in [3.05, 3.63) is 57.8 Å². The molecule has 2 rings (SSSR count). The second kappa shape index (κ2) is 7.44. The van der Waals surface area contributed by atoms with E-state index in [9.17, 15) is 9.59 Å². The molecule has 1 aromatic heterocycles. The molecule has 0 fully saturated rings. The standard InChI is InChI=1S/C16H14Cl2N2O3/c1-9-12(18)4-3-5-13(9)20-15(21)10(2)23-16(22)14-8-11(17)6-7-19-14/h3-8,10H,1-2H3,(H,20,21)/t10-/m1/s1. The normalized spacial score (nSPS) is 11.7. The van der Waals surface area contributed by atoms with E-state index in [1.165, 1.54) is 25.3 Å². The van der Waals surface area contributed by atoms with Crippen LogP contribution in [0.5, 0.6) is 0 Å². The average Bonchev–Trinajstić information content (AvgIpc) is 2.51. The molecule has 120 valence electrons. The number of ether oxygens (including phenoxy) is 1. The Hall–Kier alpha value is -2.11. The van der Waals surface area contributed by atoms with Crippen molar-refractivity contribution in [2.45, 2.75) is 20.0 Å². The number of halogens is 2. The molecule has 0 aliphatic rings. The number of benzene rings is 1. The van der Waals surface area contributed by atoms with E-state index in [4.69, 9.17) is 27.9 Å². The summed E-state index contributed by atoms with van der Waals surface area (Å²) in [6.45, 7) is 3.25. The highest BCUT2D eigenvalue weighted by Gasteiger charge is 2.20. The zero-order valence-corrected chi connectivity index (χ0v) is 14.0. The topological polar surface area (TPSA) is 68.3 Å². The van der Waals surface area contributed by atoms with Crippen molar-refractivity contribution in [3.8, 4) is 0 Å². The third-order valence-corrected chi connectivity index (χ3v) is 3.75. The van der Waals surface area contributed by atoms with E-state index in [1.807, 2.05) is 0 Å². The van der Waals surface area contributed by atoms with Crippen LogP contribution in [0, 0.1) is 6.92 Å². The first-order valence-corrected chi connectivity index (χ1v) is 7.52. The highest BCUT2D eigenvalue weighted by atomic mass is 35.5. The Morgan fingerprint density at radius 3 is 2.70 bits per heavy atom. The number of hydrogen-bond donors (Lipinski definition) is 1. The van der Waals surface area contributed by atoms with Gasteiger partial charge in [0.05, 0.1) is 0 Å². The Kier molecular flexibility index (Phi) is 5.58. The van der Waals surface area contributed by atoms with Crippen molar-refractivity contribution < 1.29 is 14.3 Å². The molecule has 2 aromatic rings. The summed E-state index contributed by atoms with van der Waals surface area (Å²) in [7, 11) is 0. The van der Waals surface area contributed by atoms with Crippen molar-refractivity contribution in [2.75, 3.05) is 5.32 Å². The van der Waals surface area contributed by atoms with E-state index in [1.54, 1.807) is 25.1 Å². The van der Waals surface area contributed by atoms with Gasteiger partial charge in [0.25, 0.3) is 5.91 Å². The van der Waals surface area contributed by atoms with Crippen molar-refractivity contribution in [2.24, 2.45) is 0 Å². The van der Waals surface area contributed by atoms with Gasteiger partial charge in [-0.05, 0) is 43.7 Å². The number of pyridine rings is 1. The summed E-state index contributed by atoms with van der Waals surface area (Å²) in [6, 6.07) is 8.07. The Morgan fingerprint density at radius 2 is 2.00 bits per heavy atom. The molecule has 7 heteroatoms. The number of carbonyl (C=O) groups is 2. The van der Waals surface area contributed by atoms with Crippen molar-refractivity contribution >= 4 is 40.8 Å². The van der Waals surface area contributed by atoms with Gasteiger partial charge in [-0.1, -0.05) is 29.3 Å². The monoisotopic (exact) mass is 352 g/mol. The van der Waals surface area contributed by atoms with Crippen molar-refractivity contribution in [1.29, 1.82) is 0 Å². The number of esters is 1. The minimum absolute atomic E-state index is 0.0380. The molecule has 1 aromatic carbocycles. The summed E-state index contributed by atoms with van der Waals surface area (Å²) in [6.07, 6.45) is 0.389. The number of carbonyl (C=O) groups excluding carboxylic acids is 2. The minimum atomic E-state index is -0.998. The van der Waals surface area contributed by atoms with Crippen LogP contribution < -0.4 is 5.32 Å². The summed E-state index contributed by atoms with van der Waals surface area (Å²) < 4.78 is 5.09. The van der Waals surface area contributed by atoms with Gasteiger partial charge in [0, 0.05) is 21.9 Å². The number of aromatic nitrogens is 1. The number of rotatable bonds is 4. The molecule has 0 saturated carbocycles. The van der Waals surface area contributed by atoms with Gasteiger partial charge in [0.1, 0.15) is 5.69 Å². The van der Waals surface area contributed by atoms with Crippen LogP contribution in [0.1, 0.15) is 23.0 Å². The Balaban J connectivity index is 2.02. The summed E-state index contributed by atoms with van der Waals surface area (Å²) >= 11 is 11.8. The van der Waals surface area contributed by atoms with Crippen LogP contribution in [0.15, 0.2) is 36.5 Å². The number of anilines is 1. The summed E-state index contributed by atoms with van der Waals surface area (Å²) in [5, 5.41) is 3.57. The summed E-state index contributed by atoms with van der Waals surface area (Å²) in [5.41, 5.74) is 1.33.